The predicted molar refractivity (Wildman–Crippen MR) is 74.5 cm³/mol. The van der Waals surface area contributed by atoms with E-state index in [1.54, 1.807) is 13.2 Å². The zero-order valence-electron chi connectivity index (χ0n) is 10.4. The van der Waals surface area contributed by atoms with Crippen LogP contribution in [0.25, 0.3) is 22.1 Å². The molecule has 2 aromatic carbocycles. The Kier molecular flexibility index (Phi) is 2.80. The fourth-order valence-electron chi connectivity index (χ4n) is 2.05. The van der Waals surface area contributed by atoms with E-state index in [0.29, 0.717) is 11.1 Å². The number of ether oxygens (including phenoxy) is 1. The van der Waals surface area contributed by atoms with Crippen molar-refractivity contribution in [3.63, 3.8) is 0 Å². The Morgan fingerprint density at radius 3 is 2.68 bits per heavy atom. The van der Waals surface area contributed by atoms with Crippen LogP contribution in [0, 0.1) is 0 Å². The summed E-state index contributed by atoms with van der Waals surface area (Å²) in [5, 5.41) is 1.46. The molecule has 94 valence electrons. The lowest BCUT2D eigenvalue weighted by Gasteiger charge is -2.04. The predicted octanol–water partition coefficient (Wildman–Crippen LogP) is 3.47. The van der Waals surface area contributed by atoms with E-state index in [2.05, 4.69) is 0 Å². The summed E-state index contributed by atoms with van der Waals surface area (Å²) in [6, 6.07) is 16.7. The average Bonchev–Trinajstić information content (AvgIpc) is 2.47. The third kappa shape index (κ3) is 2.10. The highest BCUT2D eigenvalue weighted by molar-refractivity contribution is 5.84. The van der Waals surface area contributed by atoms with E-state index in [9.17, 15) is 4.79 Å². The minimum atomic E-state index is -0.323. The van der Waals surface area contributed by atoms with Crippen molar-refractivity contribution in [3.05, 3.63) is 65.0 Å². The molecule has 0 spiro atoms. The van der Waals surface area contributed by atoms with Gasteiger partial charge in [0.05, 0.1) is 12.5 Å². The van der Waals surface area contributed by atoms with Crippen LogP contribution in [-0.2, 0) is 0 Å². The van der Waals surface area contributed by atoms with E-state index < -0.39 is 0 Å². The maximum absolute atomic E-state index is 11.9. The van der Waals surface area contributed by atoms with Crippen LogP contribution in [0.4, 0.5) is 0 Å². The van der Waals surface area contributed by atoms with Crippen LogP contribution >= 0.6 is 0 Å². The normalized spacial score (nSPS) is 10.6. The van der Waals surface area contributed by atoms with Crippen LogP contribution in [0.3, 0.4) is 0 Å². The second-order valence-electron chi connectivity index (χ2n) is 4.22. The van der Waals surface area contributed by atoms with Gasteiger partial charge in [-0.1, -0.05) is 30.3 Å². The molecule has 3 aromatic rings. The second-order valence-corrected chi connectivity index (χ2v) is 4.22. The topological polar surface area (TPSA) is 39.4 Å². The Bertz CT molecular complexity index is 787. The van der Waals surface area contributed by atoms with Crippen LogP contribution in [0.1, 0.15) is 0 Å². The number of methoxy groups -OCH3 is 1. The average molecular weight is 252 g/mol. The fraction of sp³-hybridized carbons (Fsp3) is 0.0625. The van der Waals surface area contributed by atoms with Gasteiger partial charge in [0.2, 0.25) is 0 Å². The lowest BCUT2D eigenvalue weighted by atomic mass is 10.1. The molecule has 1 heterocycles. The van der Waals surface area contributed by atoms with Gasteiger partial charge in [-0.15, -0.1) is 0 Å². The summed E-state index contributed by atoms with van der Waals surface area (Å²) in [5.41, 5.74) is 0.498. The molecule has 0 aliphatic heterocycles. The minimum absolute atomic E-state index is 0.323. The number of rotatable bonds is 2. The minimum Gasteiger partial charge on any atom is -0.497 e. The smallest absolute Gasteiger partial charge is 0.344 e. The van der Waals surface area contributed by atoms with Gasteiger partial charge in [-0.3, -0.25) is 0 Å². The van der Waals surface area contributed by atoms with Crippen molar-refractivity contribution in [1.29, 1.82) is 0 Å². The lowest BCUT2D eigenvalue weighted by molar-refractivity contribution is 0.414. The highest BCUT2D eigenvalue weighted by atomic mass is 16.5. The van der Waals surface area contributed by atoms with E-state index in [1.165, 1.54) is 0 Å². The molecular weight excluding hydrogens is 240 g/mol. The summed E-state index contributed by atoms with van der Waals surface area (Å²) < 4.78 is 10.5. The number of fused-ring (bicyclic) bond motifs is 1. The van der Waals surface area contributed by atoms with Gasteiger partial charge in [-0.25, -0.2) is 4.79 Å². The van der Waals surface area contributed by atoms with Gasteiger partial charge >= 0.3 is 5.63 Å². The van der Waals surface area contributed by atoms with Crippen LogP contribution in [0.5, 0.6) is 5.75 Å². The first kappa shape index (κ1) is 11.5. The van der Waals surface area contributed by atoms with E-state index in [-0.39, 0.29) is 5.63 Å². The molecule has 0 aliphatic rings. The van der Waals surface area contributed by atoms with Crippen molar-refractivity contribution >= 4 is 10.8 Å². The van der Waals surface area contributed by atoms with Crippen molar-refractivity contribution < 1.29 is 9.15 Å². The zero-order valence-corrected chi connectivity index (χ0v) is 10.4. The lowest BCUT2D eigenvalue weighted by Crippen LogP contribution is -1.99. The molecule has 0 fully saturated rings. The van der Waals surface area contributed by atoms with Crippen molar-refractivity contribution in [2.75, 3.05) is 7.11 Å². The number of benzene rings is 2. The van der Waals surface area contributed by atoms with Gasteiger partial charge in [0.25, 0.3) is 0 Å². The standard InChI is InChI=1S/C16H12O3/c1-18-13-7-4-6-12(9-13)15-10-11-5-2-3-8-14(11)16(17)19-15/h2-10H,1H3. The van der Waals surface area contributed by atoms with E-state index >= 15 is 0 Å². The van der Waals surface area contributed by atoms with Gasteiger partial charge in [-0.2, -0.15) is 0 Å². The zero-order chi connectivity index (χ0) is 13.2. The third-order valence-corrected chi connectivity index (χ3v) is 3.02. The molecule has 0 saturated carbocycles. The molecule has 0 N–H and O–H groups in total. The van der Waals surface area contributed by atoms with Crippen molar-refractivity contribution in [2.24, 2.45) is 0 Å². The molecule has 1 aromatic heterocycles. The first-order valence-electron chi connectivity index (χ1n) is 5.95. The molecule has 0 unspecified atom stereocenters. The molecule has 0 aliphatic carbocycles. The van der Waals surface area contributed by atoms with Gasteiger partial charge in [0.15, 0.2) is 0 Å². The van der Waals surface area contributed by atoms with Crippen molar-refractivity contribution in [2.45, 2.75) is 0 Å². The summed E-state index contributed by atoms with van der Waals surface area (Å²) in [5.74, 6) is 1.27. The molecule has 0 amide bonds. The Morgan fingerprint density at radius 2 is 1.84 bits per heavy atom. The third-order valence-electron chi connectivity index (χ3n) is 3.02. The van der Waals surface area contributed by atoms with Crippen LogP contribution in [0.2, 0.25) is 0 Å². The Morgan fingerprint density at radius 1 is 1.00 bits per heavy atom. The Balaban J connectivity index is 2.22. The number of hydrogen-bond acceptors (Lipinski definition) is 3. The van der Waals surface area contributed by atoms with Gasteiger partial charge in [0.1, 0.15) is 11.5 Å². The summed E-state index contributed by atoms with van der Waals surface area (Å²) in [4.78, 5) is 11.9. The molecule has 3 nitrogen and oxygen atoms in total. The highest BCUT2D eigenvalue weighted by Gasteiger charge is 2.06. The van der Waals surface area contributed by atoms with Gasteiger partial charge < -0.3 is 9.15 Å². The Hall–Kier alpha value is -2.55. The second kappa shape index (κ2) is 4.61. The summed E-state index contributed by atoms with van der Waals surface area (Å²) in [7, 11) is 1.61. The molecular formula is C16H12O3. The Labute approximate surface area is 110 Å². The first-order chi connectivity index (χ1) is 9.28. The first-order valence-corrected chi connectivity index (χ1v) is 5.95. The molecule has 0 bridgehead atoms. The summed E-state index contributed by atoms with van der Waals surface area (Å²) in [6.07, 6.45) is 0. The molecule has 19 heavy (non-hydrogen) atoms. The summed E-state index contributed by atoms with van der Waals surface area (Å²) >= 11 is 0. The van der Waals surface area contributed by atoms with Crippen molar-refractivity contribution in [1.82, 2.24) is 0 Å². The fourth-order valence-corrected chi connectivity index (χ4v) is 2.05. The van der Waals surface area contributed by atoms with E-state index in [1.807, 2.05) is 48.5 Å². The van der Waals surface area contributed by atoms with Crippen LogP contribution in [0.15, 0.2) is 63.8 Å². The molecule has 0 saturated heterocycles. The van der Waals surface area contributed by atoms with Gasteiger partial charge in [-0.05, 0) is 29.7 Å². The maximum Gasteiger partial charge on any atom is 0.344 e. The molecule has 3 rings (SSSR count). The summed E-state index contributed by atoms with van der Waals surface area (Å²) in [6.45, 7) is 0. The SMILES string of the molecule is COc1cccc(-c2cc3ccccc3c(=O)o2)c1. The van der Waals surface area contributed by atoms with Crippen LogP contribution in [-0.4, -0.2) is 7.11 Å². The number of hydrogen-bond donors (Lipinski definition) is 0. The van der Waals surface area contributed by atoms with E-state index in [0.717, 1.165) is 16.7 Å². The molecule has 3 heteroatoms. The van der Waals surface area contributed by atoms with Gasteiger partial charge in [0, 0.05) is 5.56 Å². The van der Waals surface area contributed by atoms with Crippen LogP contribution < -0.4 is 10.4 Å². The molecule has 0 atom stereocenters. The highest BCUT2D eigenvalue weighted by Crippen LogP contribution is 2.25. The largest absolute Gasteiger partial charge is 0.497 e. The molecule has 0 radical (unpaired) electrons. The van der Waals surface area contributed by atoms with Crippen molar-refractivity contribution in [3.8, 4) is 17.1 Å². The quantitative estimate of drug-likeness (QED) is 0.701. The monoisotopic (exact) mass is 252 g/mol. The maximum atomic E-state index is 11.9. The van der Waals surface area contributed by atoms with E-state index in [4.69, 9.17) is 9.15 Å².